The van der Waals surface area contributed by atoms with Gasteiger partial charge in [0.05, 0.1) is 0 Å². The summed E-state index contributed by atoms with van der Waals surface area (Å²) in [6.07, 6.45) is 14.4. The quantitative estimate of drug-likeness (QED) is 0.191. The molecule has 0 bridgehead atoms. The summed E-state index contributed by atoms with van der Waals surface area (Å²) in [4.78, 5) is 10.2. The molecular weight excluding hydrogens is 654 g/mol. The van der Waals surface area contributed by atoms with Crippen LogP contribution in [0.4, 0.5) is 0 Å². The van der Waals surface area contributed by atoms with Crippen molar-refractivity contribution in [2.45, 2.75) is 90.9 Å². The Morgan fingerprint density at radius 2 is 1.34 bits per heavy atom. The van der Waals surface area contributed by atoms with Gasteiger partial charge in [-0.3, -0.25) is 4.79 Å². The smallest absolute Gasteiger partial charge is 0.512 e. The molecule has 0 heterocycles. The number of unbranched alkanes of at least 4 members (excludes halogenated alkanes) is 2. The average Bonchev–Trinajstić information content (AvgIpc) is 2.58. The van der Waals surface area contributed by atoms with Crippen molar-refractivity contribution in [1.82, 2.24) is 5.32 Å². The van der Waals surface area contributed by atoms with Crippen LogP contribution in [-0.2, 0) is 107 Å². The Morgan fingerprint density at radius 3 is 1.69 bits per heavy atom. The van der Waals surface area contributed by atoms with Crippen LogP contribution in [0.1, 0.15) is 90.9 Å². The summed E-state index contributed by atoms with van der Waals surface area (Å²) < 4.78 is 0. The normalized spacial score (nSPS) is 11.2. The number of nitrogens with one attached hydrogen (secondary N) is 1. The van der Waals surface area contributed by atoms with E-state index < -0.39 is 5.97 Å². The Morgan fingerprint density at radius 1 is 0.931 bits per heavy atom. The van der Waals surface area contributed by atoms with Crippen molar-refractivity contribution in [3.8, 4) is 0 Å². The predicted molar refractivity (Wildman–Crippen MR) is 95.7 cm³/mol. The van der Waals surface area contributed by atoms with Crippen molar-refractivity contribution >= 4 is 5.97 Å². The van der Waals surface area contributed by atoms with Crippen LogP contribution in [0.25, 0.3) is 0 Å². The van der Waals surface area contributed by atoms with E-state index >= 15 is 0 Å². The molecule has 0 saturated heterocycles. The van der Waals surface area contributed by atoms with E-state index in [2.05, 4.69) is 19.2 Å². The first-order chi connectivity index (χ1) is 11.2. The van der Waals surface area contributed by atoms with E-state index in [1.165, 1.54) is 70.9 Å². The van der Waals surface area contributed by atoms with Gasteiger partial charge in [0, 0.05) is 91.8 Å². The van der Waals surface area contributed by atoms with Crippen molar-refractivity contribution in [3.05, 3.63) is 6.57 Å². The van der Waals surface area contributed by atoms with Crippen LogP contribution in [0.2, 0.25) is 0 Å². The first-order valence-corrected chi connectivity index (χ1v) is 9.35. The molecule has 1 fully saturated rings. The number of carbonyl (C=O) groups is 1. The second kappa shape index (κ2) is 47.7. The topological polar surface area (TPSA) is 73.1 Å². The second-order valence-corrected chi connectivity index (χ2v) is 6.25. The van der Waals surface area contributed by atoms with Crippen molar-refractivity contribution in [3.63, 3.8) is 0 Å². The van der Waals surface area contributed by atoms with Crippen LogP contribution in [0.5, 0.6) is 0 Å². The molecule has 1 aliphatic rings. The summed E-state index contributed by atoms with van der Waals surface area (Å²) >= 11 is 0. The molecule has 1 aliphatic carbocycles. The first kappa shape index (κ1) is 52.8. The molecule has 0 spiro atoms. The Labute approximate surface area is 243 Å². The van der Waals surface area contributed by atoms with Gasteiger partial charge in [0.2, 0.25) is 0 Å². The fraction of sp³-hybridized carbons (Fsp3) is 0.895. The van der Waals surface area contributed by atoms with Gasteiger partial charge < -0.3 is 22.3 Å². The Hall–Kier alpha value is 2.04. The Bertz CT molecular complexity index is 282. The van der Waals surface area contributed by atoms with Crippen LogP contribution in [0.3, 0.4) is 0 Å². The monoisotopic (exact) mass is 689 g/mol. The number of aliphatic carboxylic acids is 1. The van der Waals surface area contributed by atoms with Gasteiger partial charge in [-0.15, -0.1) is 0 Å². The largest absolute Gasteiger partial charge is 1.00 e. The minimum atomic E-state index is -0.647. The van der Waals surface area contributed by atoms with Crippen molar-refractivity contribution in [2.75, 3.05) is 13.1 Å². The molecule has 3 radical (unpaired) electrons. The summed E-state index contributed by atoms with van der Waals surface area (Å²) in [6, 6.07) is 0. The molecule has 0 aliphatic heterocycles. The maximum absolute atomic E-state index is 10.2. The van der Waals surface area contributed by atoms with Crippen molar-refractivity contribution in [2.24, 2.45) is 5.92 Å². The van der Waals surface area contributed by atoms with E-state index in [4.69, 9.17) is 16.9 Å². The maximum atomic E-state index is 10.2. The number of hydrogen-bond acceptors (Lipinski definition) is 3. The van der Waals surface area contributed by atoms with Crippen LogP contribution >= 0.6 is 0 Å². The molecule has 0 unspecified atom stereocenters. The zero-order valence-corrected chi connectivity index (χ0v) is 23.2. The fourth-order valence-corrected chi connectivity index (χ4v) is 2.75. The van der Waals surface area contributed by atoms with E-state index in [0.717, 1.165) is 18.8 Å². The SMILES string of the molecule is CCCCNCCCC.O=C(O)CCCC1CCCCC1.[C-]#N.[Cu+].[Cu].[Cu].[Cu].[Fe].[Fe]. The molecule has 0 amide bonds. The van der Waals surface area contributed by atoms with Gasteiger partial charge in [-0.2, -0.15) is 0 Å². The molecule has 0 atom stereocenters. The van der Waals surface area contributed by atoms with Crippen LogP contribution < -0.4 is 5.32 Å². The minimum absolute atomic E-state index is 0. The van der Waals surface area contributed by atoms with Crippen LogP contribution in [0, 0.1) is 17.8 Å². The van der Waals surface area contributed by atoms with Crippen molar-refractivity contribution in [1.29, 1.82) is 5.26 Å². The van der Waals surface area contributed by atoms with Crippen LogP contribution in [-0.4, -0.2) is 24.2 Å². The standard InChI is InChI=1S/C10H18O2.C8H19N.CN.4Cu.2Fe/c11-10(12)8-4-7-9-5-2-1-3-6-9;1-3-5-7-9-8-6-4-2;1-2;;;;;;/h9H,1-8H2,(H,11,12);9H,3-8H2,1-2H3;;;;;;;/q;;-1;;;;+1;;. The second-order valence-electron chi connectivity index (χ2n) is 6.25. The number of nitrogens with zero attached hydrogens (tertiary/aromatic N) is 1. The maximum Gasteiger partial charge on any atom is 1.00 e. The molecule has 1 rings (SSSR count). The number of hydrogen-bond donors (Lipinski definition) is 2. The molecule has 29 heavy (non-hydrogen) atoms. The average molecular weight is 691 g/mol. The third kappa shape index (κ3) is 48.6. The molecular formula is C19H37Cu4Fe2N2O2. The molecule has 0 aromatic heterocycles. The Kier molecular flexibility index (Phi) is 86.8. The fourth-order valence-electron chi connectivity index (χ4n) is 2.75. The van der Waals surface area contributed by atoms with Gasteiger partial charge >= 0.3 is 23.0 Å². The molecule has 1 saturated carbocycles. The van der Waals surface area contributed by atoms with Gasteiger partial charge in [0.25, 0.3) is 0 Å². The first-order valence-electron chi connectivity index (χ1n) is 9.35. The van der Waals surface area contributed by atoms with E-state index in [0.29, 0.717) is 6.42 Å². The van der Waals surface area contributed by atoms with E-state index in [-0.39, 0.29) is 102 Å². The van der Waals surface area contributed by atoms with E-state index in [1.54, 1.807) is 0 Å². The number of rotatable bonds is 10. The third-order valence-corrected chi connectivity index (χ3v) is 4.14. The van der Waals surface area contributed by atoms with E-state index in [9.17, 15) is 4.79 Å². The number of carboxylic acids is 1. The summed E-state index contributed by atoms with van der Waals surface area (Å²) in [5.74, 6) is 0.184. The molecule has 0 aromatic rings. The van der Waals surface area contributed by atoms with Crippen molar-refractivity contribution < 1.29 is 112 Å². The molecule has 2 N–H and O–H groups in total. The molecule has 195 valence electrons. The summed E-state index contributed by atoms with van der Waals surface area (Å²) in [7, 11) is 0. The summed E-state index contributed by atoms with van der Waals surface area (Å²) in [5, 5.41) is 18.1. The van der Waals surface area contributed by atoms with E-state index in [1.807, 2.05) is 0 Å². The van der Waals surface area contributed by atoms with Crippen LogP contribution in [0.15, 0.2) is 0 Å². The summed E-state index contributed by atoms with van der Waals surface area (Å²) in [6.45, 7) is 11.6. The Balaban J connectivity index is -0.0000000400. The minimum Gasteiger partial charge on any atom is -0.512 e. The van der Waals surface area contributed by atoms with Gasteiger partial charge in [-0.05, 0) is 44.7 Å². The van der Waals surface area contributed by atoms with Gasteiger partial charge in [0.1, 0.15) is 0 Å². The van der Waals surface area contributed by atoms with Gasteiger partial charge in [-0.25, -0.2) is 0 Å². The predicted octanol–water partition coefficient (Wildman–Crippen LogP) is 5.08. The van der Waals surface area contributed by atoms with Gasteiger partial charge in [-0.1, -0.05) is 58.8 Å². The molecule has 0 aromatic carbocycles. The third-order valence-electron chi connectivity index (χ3n) is 4.14. The molecule has 4 nitrogen and oxygen atoms in total. The molecule has 10 heteroatoms. The summed E-state index contributed by atoms with van der Waals surface area (Å²) in [5.41, 5.74) is 0. The van der Waals surface area contributed by atoms with Gasteiger partial charge in [0.15, 0.2) is 0 Å². The zero-order chi connectivity index (χ0) is 17.8. The number of carboxylic acid groups (broad SMARTS) is 1. The zero-order valence-electron chi connectivity index (χ0n) is 17.2.